The third kappa shape index (κ3) is 11.6. The summed E-state index contributed by atoms with van der Waals surface area (Å²) in [4.78, 5) is 9.31. The number of benzene rings is 10. The molecule has 0 amide bonds. The summed E-state index contributed by atoms with van der Waals surface area (Å²) in [5, 5.41) is 2.12. The van der Waals surface area contributed by atoms with Gasteiger partial charge in [0.1, 0.15) is 17.5 Å². The van der Waals surface area contributed by atoms with E-state index in [4.69, 9.17) is 9.72 Å². The van der Waals surface area contributed by atoms with Crippen molar-refractivity contribution in [3.63, 3.8) is 0 Å². The number of nitrogens with zero attached hydrogens (tertiary/aromatic N) is 4. The van der Waals surface area contributed by atoms with Gasteiger partial charge in [0.15, 0.2) is 0 Å². The maximum Gasteiger partial charge on any atom is 0.135 e. The number of hydrogen-bond acceptors (Lipinski definition) is 4. The molecule has 0 saturated heterocycles. The van der Waals surface area contributed by atoms with Crippen molar-refractivity contribution < 1.29 is 34.6 Å². The molecule has 0 radical (unpaired) electrons. The SMILES string of the molecule is CC(C)c1cc(-c2cc(C(C)(C)C)cc(-c3cc(F)cc(F)c3)c2N2[CH-]N(c3[c-]c(Oc4[c-]c5c(cc4)c4ccccc4n5-c4cc(C(C)(C)C)ccn4)cc(-c4cc(-c5ccccc5)cc(-c5ccccc5)c4)c3)c3ccccc32)cc(C(C)C)c1.[Pt]. The van der Waals surface area contributed by atoms with Crippen LogP contribution in [0.1, 0.15) is 103 Å². The van der Waals surface area contributed by atoms with Gasteiger partial charge in [0, 0.05) is 78.5 Å². The van der Waals surface area contributed by atoms with Gasteiger partial charge in [-0.3, -0.25) is 0 Å². The Bertz CT molecular complexity index is 4490. The number of anilines is 4. The molecule has 88 heavy (non-hydrogen) atoms. The molecule has 1 aliphatic heterocycles. The number of aromatic nitrogens is 2. The van der Waals surface area contributed by atoms with E-state index in [0.29, 0.717) is 28.3 Å². The first-order valence-corrected chi connectivity index (χ1v) is 30.1. The summed E-state index contributed by atoms with van der Waals surface area (Å²) in [6, 6.07) is 79.7. The normalized spacial score (nSPS) is 12.6. The van der Waals surface area contributed by atoms with Crippen LogP contribution >= 0.6 is 0 Å². The molecule has 3 heterocycles. The van der Waals surface area contributed by atoms with Gasteiger partial charge in [-0.25, -0.2) is 13.8 Å². The third-order valence-corrected chi connectivity index (χ3v) is 16.8. The van der Waals surface area contributed by atoms with Crippen LogP contribution in [0.2, 0.25) is 0 Å². The summed E-state index contributed by atoms with van der Waals surface area (Å²) in [5.41, 5.74) is 18.6. The van der Waals surface area contributed by atoms with Gasteiger partial charge < -0.3 is 19.1 Å². The zero-order valence-electron chi connectivity index (χ0n) is 51.3. The zero-order valence-corrected chi connectivity index (χ0v) is 53.6. The number of halogens is 2. The van der Waals surface area contributed by atoms with Crippen LogP contribution in [-0.4, -0.2) is 9.55 Å². The molecule has 0 aliphatic carbocycles. The maximum atomic E-state index is 15.8. The Kier molecular flexibility index (Phi) is 16.0. The Morgan fingerprint density at radius 1 is 0.455 bits per heavy atom. The minimum absolute atomic E-state index is 0. The topological polar surface area (TPSA) is 33.5 Å². The van der Waals surface area contributed by atoms with Gasteiger partial charge >= 0.3 is 0 Å². The Morgan fingerprint density at radius 2 is 0.989 bits per heavy atom. The number of pyridine rings is 1. The van der Waals surface area contributed by atoms with Gasteiger partial charge in [0.05, 0.1) is 0 Å². The molecule has 442 valence electrons. The van der Waals surface area contributed by atoms with E-state index < -0.39 is 11.6 Å². The molecular formula is C80H69F2N4OPt-3. The van der Waals surface area contributed by atoms with Gasteiger partial charge in [-0.1, -0.05) is 184 Å². The molecule has 0 fully saturated rings. The fraction of sp³-hybridized carbons (Fsp3) is 0.175. The molecular weight excluding hydrogens is 1270 g/mol. The molecule has 1 aliphatic rings. The van der Waals surface area contributed by atoms with Crippen molar-refractivity contribution in [3.05, 3.63) is 271 Å². The fourth-order valence-electron chi connectivity index (χ4n) is 12.0. The van der Waals surface area contributed by atoms with E-state index in [9.17, 15) is 0 Å². The summed E-state index contributed by atoms with van der Waals surface area (Å²) in [7, 11) is 0. The predicted octanol–water partition coefficient (Wildman–Crippen LogP) is 22.4. The summed E-state index contributed by atoms with van der Waals surface area (Å²) in [6.45, 7) is 24.2. The van der Waals surface area contributed by atoms with Gasteiger partial charge in [0.25, 0.3) is 0 Å². The second-order valence-corrected chi connectivity index (χ2v) is 25.7. The maximum absolute atomic E-state index is 15.8. The van der Waals surface area contributed by atoms with Crippen molar-refractivity contribution in [2.45, 2.75) is 91.9 Å². The van der Waals surface area contributed by atoms with Crippen LogP contribution in [0.4, 0.5) is 31.5 Å². The van der Waals surface area contributed by atoms with Crippen LogP contribution in [-0.2, 0) is 31.9 Å². The molecule has 10 aromatic carbocycles. The Labute approximate surface area is 531 Å². The Hall–Kier alpha value is -8.90. The first-order valence-electron chi connectivity index (χ1n) is 30.1. The molecule has 0 spiro atoms. The number of fused-ring (bicyclic) bond motifs is 4. The molecule has 0 unspecified atom stereocenters. The Morgan fingerprint density at radius 3 is 1.58 bits per heavy atom. The van der Waals surface area contributed by atoms with Gasteiger partial charge in [-0.05, 0) is 162 Å². The average molecular weight is 1340 g/mol. The molecule has 2 aromatic heterocycles. The van der Waals surface area contributed by atoms with Crippen LogP contribution in [0.3, 0.4) is 0 Å². The number of rotatable bonds is 12. The molecule has 5 nitrogen and oxygen atoms in total. The van der Waals surface area contributed by atoms with E-state index in [2.05, 4.69) is 266 Å². The Balaban J connectivity index is 0.00000754. The van der Waals surface area contributed by atoms with Crippen molar-refractivity contribution in [1.29, 1.82) is 0 Å². The molecule has 0 bridgehead atoms. The van der Waals surface area contributed by atoms with Crippen LogP contribution < -0.4 is 14.5 Å². The van der Waals surface area contributed by atoms with Crippen LogP contribution in [0.25, 0.3) is 83.3 Å². The zero-order chi connectivity index (χ0) is 60.5. The van der Waals surface area contributed by atoms with E-state index in [1.807, 2.05) is 36.5 Å². The minimum atomic E-state index is -0.648. The van der Waals surface area contributed by atoms with E-state index in [-0.39, 0.29) is 43.7 Å². The molecule has 8 heteroatoms. The largest absolute Gasteiger partial charge is 0.509 e. The predicted molar refractivity (Wildman–Crippen MR) is 357 cm³/mol. The number of hydrogen-bond donors (Lipinski definition) is 0. The van der Waals surface area contributed by atoms with E-state index in [0.717, 1.165) is 101 Å². The number of para-hydroxylation sites is 3. The molecule has 0 N–H and O–H groups in total. The second kappa shape index (κ2) is 23.7. The molecule has 13 rings (SSSR count). The first kappa shape index (κ1) is 59.4. The third-order valence-electron chi connectivity index (χ3n) is 16.8. The van der Waals surface area contributed by atoms with Crippen molar-refractivity contribution >= 4 is 44.6 Å². The van der Waals surface area contributed by atoms with Gasteiger partial charge in [0.2, 0.25) is 0 Å². The van der Waals surface area contributed by atoms with Crippen LogP contribution in [0, 0.1) is 30.4 Å². The second-order valence-electron chi connectivity index (χ2n) is 25.7. The monoisotopic (exact) mass is 1330 g/mol. The van der Waals surface area contributed by atoms with Crippen LogP contribution in [0.5, 0.6) is 11.5 Å². The van der Waals surface area contributed by atoms with E-state index in [1.54, 1.807) is 0 Å². The standard InChI is InChI=1S/C80H69F2N4O.Pt/c1-50(2)54-33-55(51(3)4)35-60(34-54)71-43-63(80(8,9)10)44-72(61-39-64(81)46-65(82)40-61)78(71)85-49-84(74-27-19-20-28-75(74)85)66-41-59(58-37-56(52-21-13-11-14-22-52)36-57(38-58)53-23-15-12-16-24-53)42-68(47-66)87-67-29-30-70-69-25-17-18-26-73(69)86(76(70)48-67)77-45-62(31-32-83-77)79(5,6)7;/h11-46,49-51H,1-10H3;/q-3;. The fourth-order valence-corrected chi connectivity index (χ4v) is 12.0. The average Bonchev–Trinajstić information content (AvgIpc) is 1.89. The summed E-state index contributed by atoms with van der Waals surface area (Å²) in [5.74, 6) is 0.969. The summed E-state index contributed by atoms with van der Waals surface area (Å²) < 4.78 is 40.9. The summed E-state index contributed by atoms with van der Waals surface area (Å²) >= 11 is 0. The van der Waals surface area contributed by atoms with E-state index >= 15 is 8.78 Å². The van der Waals surface area contributed by atoms with E-state index in [1.165, 1.54) is 28.8 Å². The van der Waals surface area contributed by atoms with Crippen molar-refractivity contribution in [2.24, 2.45) is 0 Å². The quantitative estimate of drug-likeness (QED) is 0.114. The molecule has 0 saturated carbocycles. The van der Waals surface area contributed by atoms with Crippen LogP contribution in [0.15, 0.2) is 219 Å². The van der Waals surface area contributed by atoms with Gasteiger partial charge in [-0.2, -0.15) is 6.07 Å². The molecule has 12 aromatic rings. The minimum Gasteiger partial charge on any atom is -0.509 e. The smallest absolute Gasteiger partial charge is 0.135 e. The summed E-state index contributed by atoms with van der Waals surface area (Å²) in [6.07, 6.45) is 1.89. The van der Waals surface area contributed by atoms with Crippen molar-refractivity contribution in [2.75, 3.05) is 9.80 Å². The molecule has 0 atom stereocenters. The van der Waals surface area contributed by atoms with Crippen molar-refractivity contribution in [1.82, 2.24) is 9.55 Å². The van der Waals surface area contributed by atoms with Crippen molar-refractivity contribution in [3.8, 4) is 73.0 Å². The number of ether oxygens (including phenoxy) is 1. The van der Waals surface area contributed by atoms with Gasteiger partial charge in [-0.15, -0.1) is 53.6 Å². The first-order chi connectivity index (χ1) is 41.8.